The molecule has 0 saturated heterocycles. The Bertz CT molecular complexity index is 1960. The van der Waals surface area contributed by atoms with Gasteiger partial charge in [-0.2, -0.15) is 5.10 Å². The summed E-state index contributed by atoms with van der Waals surface area (Å²) in [4.78, 5) is 17.3. The highest BCUT2D eigenvalue weighted by molar-refractivity contribution is 6.25. The minimum atomic E-state index is -0.655. The van der Waals surface area contributed by atoms with Crippen LogP contribution in [0.3, 0.4) is 0 Å². The molecular weight excluding hydrogens is 430 g/mol. The number of furan rings is 1. The molecule has 1 N–H and O–H groups in total. The largest absolute Gasteiger partial charge is 0.463 e. The van der Waals surface area contributed by atoms with Gasteiger partial charge in [-0.25, -0.2) is 18.6 Å². The van der Waals surface area contributed by atoms with Crippen molar-refractivity contribution >= 4 is 54.8 Å². The quantitative estimate of drug-likeness (QED) is 0.395. The lowest BCUT2D eigenvalue weighted by Gasteiger charge is -2.09. The number of aromatic nitrogens is 4. The number of nitrogens with one attached hydrogen (secondary N) is 1. The zero-order valence-electron chi connectivity index (χ0n) is 16.7. The van der Waals surface area contributed by atoms with Gasteiger partial charge < -0.3 is 13.4 Å². The monoisotopic (exact) mass is 442 g/mol. The second-order valence-corrected chi connectivity index (χ2v) is 7.87. The molecule has 7 rings (SSSR count). The number of nitrogens with zero attached hydrogens (tertiary/aromatic N) is 3. The topological polar surface area (TPSA) is 89.8 Å². The molecule has 9 heteroatoms. The van der Waals surface area contributed by atoms with Crippen LogP contribution in [0.1, 0.15) is 5.56 Å². The van der Waals surface area contributed by atoms with Crippen molar-refractivity contribution in [3.63, 3.8) is 0 Å². The molecule has 33 heavy (non-hydrogen) atoms. The molecule has 0 fully saturated rings. The van der Waals surface area contributed by atoms with Crippen LogP contribution in [0.15, 0.2) is 68.7 Å². The molecule has 0 spiro atoms. The van der Waals surface area contributed by atoms with E-state index in [4.69, 9.17) is 8.83 Å². The average molecular weight is 442 g/mol. The number of benzene rings is 2. The average Bonchev–Trinajstić information content (AvgIpc) is 3.52. The number of hydrogen-bond acceptors (Lipinski definition) is 5. The van der Waals surface area contributed by atoms with Crippen LogP contribution >= 0.6 is 0 Å². The molecule has 2 aromatic carbocycles. The first-order valence-electron chi connectivity index (χ1n) is 10.1. The van der Waals surface area contributed by atoms with Crippen LogP contribution in [0.25, 0.3) is 54.8 Å². The van der Waals surface area contributed by atoms with Crippen molar-refractivity contribution < 1.29 is 17.6 Å². The number of pyridine rings is 1. The van der Waals surface area contributed by atoms with Crippen molar-refractivity contribution in [3.05, 3.63) is 82.7 Å². The van der Waals surface area contributed by atoms with E-state index in [1.165, 1.54) is 30.7 Å². The molecule has 0 atom stereocenters. The lowest BCUT2D eigenvalue weighted by molar-refractivity contribution is 0.552. The van der Waals surface area contributed by atoms with Gasteiger partial charge in [0.05, 0.1) is 40.8 Å². The number of halogens is 2. The van der Waals surface area contributed by atoms with Gasteiger partial charge in [0, 0.05) is 27.9 Å². The van der Waals surface area contributed by atoms with Crippen LogP contribution in [-0.4, -0.2) is 19.7 Å². The first-order valence-corrected chi connectivity index (χ1v) is 10.1. The number of aromatic amines is 1. The molecule has 5 aromatic heterocycles. The second kappa shape index (κ2) is 6.26. The summed E-state index contributed by atoms with van der Waals surface area (Å²) >= 11 is 0. The van der Waals surface area contributed by atoms with Gasteiger partial charge in [-0.3, -0.25) is 5.10 Å². The highest BCUT2D eigenvalue weighted by atomic mass is 19.1. The number of rotatable bonds is 2. The third-order valence-electron chi connectivity index (χ3n) is 6.08. The summed E-state index contributed by atoms with van der Waals surface area (Å²) in [6, 6.07) is 9.36. The lowest BCUT2D eigenvalue weighted by Crippen LogP contribution is -2.09. The van der Waals surface area contributed by atoms with Gasteiger partial charge in [0.1, 0.15) is 22.7 Å². The Labute approximate surface area is 181 Å². The highest BCUT2D eigenvalue weighted by Gasteiger charge is 2.24. The van der Waals surface area contributed by atoms with E-state index in [2.05, 4.69) is 15.2 Å². The SMILES string of the molecule is O=c1oc2ncccc2c2c3c4occc4c(F)cc3n(Cc3cc4cn[nH]c4cc3F)c12. The van der Waals surface area contributed by atoms with E-state index >= 15 is 0 Å². The first kappa shape index (κ1) is 18.1. The molecule has 0 unspecified atom stereocenters. The number of hydrogen-bond donors (Lipinski definition) is 1. The van der Waals surface area contributed by atoms with E-state index < -0.39 is 17.3 Å². The Morgan fingerprint density at radius 1 is 1.06 bits per heavy atom. The highest BCUT2D eigenvalue weighted by Crippen LogP contribution is 2.39. The summed E-state index contributed by atoms with van der Waals surface area (Å²) in [5.41, 5.74) is 1.24. The predicted molar refractivity (Wildman–Crippen MR) is 118 cm³/mol. The fraction of sp³-hybridized carbons (Fsp3) is 0.0417. The minimum Gasteiger partial charge on any atom is -0.463 e. The van der Waals surface area contributed by atoms with E-state index in [1.807, 2.05) is 0 Å². The molecular formula is C24H12F2N4O3. The van der Waals surface area contributed by atoms with Crippen molar-refractivity contribution in [1.29, 1.82) is 0 Å². The maximum absolute atomic E-state index is 15.0. The molecule has 0 radical (unpaired) electrons. The lowest BCUT2D eigenvalue weighted by atomic mass is 10.1. The van der Waals surface area contributed by atoms with Gasteiger partial charge in [0.15, 0.2) is 0 Å². The van der Waals surface area contributed by atoms with Crippen LogP contribution < -0.4 is 5.63 Å². The van der Waals surface area contributed by atoms with Crippen LogP contribution in [0.5, 0.6) is 0 Å². The Balaban J connectivity index is 1.67. The maximum Gasteiger partial charge on any atom is 0.362 e. The summed E-state index contributed by atoms with van der Waals surface area (Å²) in [5, 5.41) is 9.31. The number of fused-ring (bicyclic) bond motifs is 8. The van der Waals surface area contributed by atoms with Crippen molar-refractivity contribution in [2.24, 2.45) is 0 Å². The predicted octanol–water partition coefficient (Wildman–Crippen LogP) is 5.24. The fourth-order valence-corrected chi connectivity index (χ4v) is 4.65. The van der Waals surface area contributed by atoms with Crippen molar-refractivity contribution in [2.75, 3.05) is 0 Å². The Kier molecular flexibility index (Phi) is 3.43. The molecule has 0 amide bonds. The van der Waals surface area contributed by atoms with Gasteiger partial charge in [-0.1, -0.05) is 0 Å². The van der Waals surface area contributed by atoms with Crippen molar-refractivity contribution in [1.82, 2.24) is 19.7 Å². The molecule has 0 bridgehead atoms. The van der Waals surface area contributed by atoms with E-state index in [0.29, 0.717) is 43.7 Å². The molecule has 160 valence electrons. The van der Waals surface area contributed by atoms with Gasteiger partial charge in [-0.05, 0) is 36.4 Å². The van der Waals surface area contributed by atoms with Crippen LogP contribution in [0.4, 0.5) is 8.78 Å². The van der Waals surface area contributed by atoms with Gasteiger partial charge in [-0.15, -0.1) is 0 Å². The van der Waals surface area contributed by atoms with Crippen LogP contribution in [0, 0.1) is 11.6 Å². The maximum atomic E-state index is 15.0. The molecule has 0 aliphatic carbocycles. The molecule has 0 saturated carbocycles. The summed E-state index contributed by atoms with van der Waals surface area (Å²) < 4.78 is 42.6. The third-order valence-corrected chi connectivity index (χ3v) is 6.08. The molecule has 5 heterocycles. The Hall–Kier alpha value is -4.53. The van der Waals surface area contributed by atoms with E-state index in [-0.39, 0.29) is 23.2 Å². The fourth-order valence-electron chi connectivity index (χ4n) is 4.65. The van der Waals surface area contributed by atoms with Gasteiger partial charge >= 0.3 is 5.63 Å². The summed E-state index contributed by atoms with van der Waals surface area (Å²) in [6.45, 7) is -0.0326. The third kappa shape index (κ3) is 2.38. The zero-order chi connectivity index (χ0) is 22.3. The summed E-state index contributed by atoms with van der Waals surface area (Å²) in [6.07, 6.45) is 4.51. The smallest absolute Gasteiger partial charge is 0.362 e. The standard InChI is InChI=1S/C24H12F2N4O3/c25-15-7-17-11(9-28-29-17)6-12(15)10-30-18-8-16(26)13-3-5-32-22(13)20(18)19-14-2-1-4-27-23(14)33-24(31)21(19)30/h1-9H,10H2,(H,28,29). The van der Waals surface area contributed by atoms with E-state index in [1.54, 1.807) is 29.0 Å². The Morgan fingerprint density at radius 3 is 2.88 bits per heavy atom. The van der Waals surface area contributed by atoms with Gasteiger partial charge in [0.25, 0.3) is 0 Å². The first-order chi connectivity index (χ1) is 16.1. The second-order valence-electron chi connectivity index (χ2n) is 7.87. The van der Waals surface area contributed by atoms with Gasteiger partial charge in [0.2, 0.25) is 5.71 Å². The summed E-state index contributed by atoms with van der Waals surface area (Å²) in [5.74, 6) is -0.985. The minimum absolute atomic E-state index is 0.0326. The zero-order valence-corrected chi connectivity index (χ0v) is 16.7. The van der Waals surface area contributed by atoms with E-state index in [9.17, 15) is 13.6 Å². The molecule has 0 aliphatic rings. The number of H-pyrrole nitrogens is 1. The van der Waals surface area contributed by atoms with Crippen molar-refractivity contribution in [3.8, 4) is 0 Å². The summed E-state index contributed by atoms with van der Waals surface area (Å²) in [7, 11) is 0. The van der Waals surface area contributed by atoms with E-state index in [0.717, 1.165) is 0 Å². The van der Waals surface area contributed by atoms with Crippen LogP contribution in [-0.2, 0) is 6.54 Å². The Morgan fingerprint density at radius 2 is 1.97 bits per heavy atom. The normalized spacial score (nSPS) is 12.2. The van der Waals surface area contributed by atoms with Crippen molar-refractivity contribution in [2.45, 2.75) is 6.54 Å². The molecule has 7 aromatic rings. The van der Waals surface area contributed by atoms with Crippen LogP contribution in [0.2, 0.25) is 0 Å². The molecule has 0 aliphatic heterocycles. The molecule has 7 nitrogen and oxygen atoms in total.